The molecule has 19 heavy (non-hydrogen) atoms. The predicted molar refractivity (Wildman–Crippen MR) is 71.2 cm³/mol. The zero-order chi connectivity index (χ0) is 13.7. The van der Waals surface area contributed by atoms with Gasteiger partial charge in [-0.25, -0.2) is 13.1 Å². The summed E-state index contributed by atoms with van der Waals surface area (Å²) in [6.45, 7) is 0.108. The van der Waals surface area contributed by atoms with Crippen LogP contribution >= 0.6 is 11.3 Å². The van der Waals surface area contributed by atoms with Gasteiger partial charge in [-0.05, 0) is 24.3 Å². The molecule has 6 nitrogen and oxygen atoms in total. The summed E-state index contributed by atoms with van der Waals surface area (Å²) in [5.41, 5.74) is 0.554. The van der Waals surface area contributed by atoms with E-state index in [1.165, 1.54) is 12.3 Å². The van der Waals surface area contributed by atoms with Gasteiger partial charge >= 0.3 is 0 Å². The summed E-state index contributed by atoms with van der Waals surface area (Å²) in [5.74, 6) is 0. The Labute approximate surface area is 115 Å². The largest absolute Gasteiger partial charge is 0.396 e. The van der Waals surface area contributed by atoms with Crippen molar-refractivity contribution in [1.29, 1.82) is 0 Å². The van der Waals surface area contributed by atoms with Gasteiger partial charge in [-0.15, -0.1) is 11.3 Å². The van der Waals surface area contributed by atoms with E-state index in [1.807, 2.05) is 0 Å². The van der Waals surface area contributed by atoms with Crippen LogP contribution in [-0.2, 0) is 23.0 Å². The van der Waals surface area contributed by atoms with Gasteiger partial charge in [0.15, 0.2) is 0 Å². The molecule has 0 aliphatic heterocycles. The molecule has 0 aromatic carbocycles. The summed E-state index contributed by atoms with van der Waals surface area (Å²) in [5, 5.41) is 16.3. The molecule has 0 fully saturated rings. The van der Waals surface area contributed by atoms with Crippen molar-refractivity contribution in [2.24, 2.45) is 0 Å². The van der Waals surface area contributed by atoms with E-state index in [1.54, 1.807) is 18.2 Å². The number of nitrogens with zero attached hydrogens (tertiary/aromatic N) is 2. The van der Waals surface area contributed by atoms with Gasteiger partial charge in [-0.2, -0.15) is 10.2 Å². The fourth-order valence-electron chi connectivity index (χ4n) is 1.42. The molecule has 2 aromatic heterocycles. The van der Waals surface area contributed by atoms with Crippen LogP contribution in [0.5, 0.6) is 0 Å². The van der Waals surface area contributed by atoms with E-state index in [0.29, 0.717) is 12.1 Å². The van der Waals surface area contributed by atoms with Gasteiger partial charge < -0.3 is 5.11 Å². The average Bonchev–Trinajstić information content (AvgIpc) is 2.88. The molecule has 2 rings (SSSR count). The first-order chi connectivity index (χ1) is 9.12. The number of aliphatic hydroxyl groups excluding tert-OH is 1. The Morgan fingerprint density at radius 1 is 1.32 bits per heavy atom. The van der Waals surface area contributed by atoms with Crippen LogP contribution in [0.2, 0.25) is 0 Å². The molecule has 0 atom stereocenters. The molecule has 0 spiro atoms. The highest BCUT2D eigenvalue weighted by molar-refractivity contribution is 7.91. The van der Waals surface area contributed by atoms with Crippen molar-refractivity contribution in [2.75, 3.05) is 6.61 Å². The maximum absolute atomic E-state index is 12.0. The van der Waals surface area contributed by atoms with E-state index in [0.717, 1.165) is 16.2 Å². The van der Waals surface area contributed by atoms with E-state index in [2.05, 4.69) is 14.9 Å². The zero-order valence-corrected chi connectivity index (χ0v) is 11.6. The molecule has 0 aliphatic carbocycles. The summed E-state index contributed by atoms with van der Waals surface area (Å²) >= 11 is 1.15. The fraction of sp³-hybridized carbons (Fsp3) is 0.273. The van der Waals surface area contributed by atoms with Gasteiger partial charge in [0.05, 0.1) is 12.2 Å². The molecule has 0 saturated carbocycles. The highest BCUT2D eigenvalue weighted by Gasteiger charge is 2.16. The van der Waals surface area contributed by atoms with E-state index < -0.39 is 10.0 Å². The fourth-order valence-corrected chi connectivity index (χ4v) is 3.80. The molecule has 8 heteroatoms. The van der Waals surface area contributed by atoms with Crippen LogP contribution in [0.3, 0.4) is 0 Å². The van der Waals surface area contributed by atoms with Crippen LogP contribution in [-0.4, -0.2) is 30.3 Å². The lowest BCUT2D eigenvalue weighted by Gasteiger charge is -2.03. The first-order valence-corrected chi connectivity index (χ1v) is 7.87. The number of aromatic nitrogens is 2. The molecule has 2 aromatic rings. The van der Waals surface area contributed by atoms with E-state index in [9.17, 15) is 8.42 Å². The summed E-state index contributed by atoms with van der Waals surface area (Å²) in [6, 6.07) is 6.63. The second-order valence-corrected chi connectivity index (χ2v) is 6.90. The van der Waals surface area contributed by atoms with Crippen molar-refractivity contribution in [3.63, 3.8) is 0 Å². The van der Waals surface area contributed by atoms with E-state index in [-0.39, 0.29) is 17.4 Å². The lowest BCUT2D eigenvalue weighted by molar-refractivity contribution is 0.300. The van der Waals surface area contributed by atoms with E-state index in [4.69, 9.17) is 5.11 Å². The molecular formula is C11H13N3O3S2. The summed E-state index contributed by atoms with van der Waals surface area (Å²) < 4.78 is 26.7. The molecule has 0 aliphatic rings. The molecule has 2 heterocycles. The second-order valence-electron chi connectivity index (χ2n) is 3.73. The first kappa shape index (κ1) is 14.1. The lowest BCUT2D eigenvalue weighted by Crippen LogP contribution is -2.23. The maximum atomic E-state index is 12.0. The third-order valence-corrected chi connectivity index (χ3v) is 5.37. The summed E-state index contributed by atoms with van der Waals surface area (Å²) in [4.78, 5) is 0.836. The SMILES string of the molecule is O=S(=O)(NCc1cccnn1)c1ccc(CCO)s1. The third-order valence-electron chi connectivity index (χ3n) is 2.33. The number of aliphatic hydroxyl groups is 1. The molecular weight excluding hydrogens is 286 g/mol. The molecule has 0 saturated heterocycles. The molecule has 0 radical (unpaired) electrons. The summed E-state index contributed by atoms with van der Waals surface area (Å²) in [7, 11) is -3.54. The predicted octanol–water partition coefficient (Wildman–Crippen LogP) is 0.551. The van der Waals surface area contributed by atoms with Crippen LogP contribution in [0.4, 0.5) is 0 Å². The van der Waals surface area contributed by atoms with Gasteiger partial charge in [-0.1, -0.05) is 0 Å². The van der Waals surface area contributed by atoms with Crippen LogP contribution in [0.15, 0.2) is 34.7 Å². The minimum atomic E-state index is -3.54. The Morgan fingerprint density at radius 3 is 2.84 bits per heavy atom. The van der Waals surface area contributed by atoms with Crippen molar-refractivity contribution >= 4 is 21.4 Å². The number of nitrogens with one attached hydrogen (secondary N) is 1. The molecule has 0 amide bonds. The van der Waals surface area contributed by atoms with Crippen molar-refractivity contribution in [3.05, 3.63) is 41.0 Å². The van der Waals surface area contributed by atoms with Crippen molar-refractivity contribution in [3.8, 4) is 0 Å². The standard InChI is InChI=1S/C11H13N3O3S2/c15-7-5-10-3-4-11(18-10)19(16,17)13-8-9-2-1-6-12-14-9/h1-4,6,13,15H,5,7-8H2. The molecule has 0 bridgehead atoms. The quantitative estimate of drug-likeness (QED) is 0.812. The highest BCUT2D eigenvalue weighted by Crippen LogP contribution is 2.21. The number of sulfonamides is 1. The normalized spacial score (nSPS) is 11.6. The molecule has 2 N–H and O–H groups in total. The Hall–Kier alpha value is -1.35. The van der Waals surface area contributed by atoms with Gasteiger partial charge in [0, 0.05) is 24.1 Å². The average molecular weight is 299 g/mol. The van der Waals surface area contributed by atoms with Crippen LogP contribution < -0.4 is 4.72 Å². The van der Waals surface area contributed by atoms with Crippen LogP contribution in [0, 0.1) is 0 Å². The third kappa shape index (κ3) is 3.80. The van der Waals surface area contributed by atoms with Crippen molar-refractivity contribution in [1.82, 2.24) is 14.9 Å². The minimum Gasteiger partial charge on any atom is -0.396 e. The lowest BCUT2D eigenvalue weighted by atomic mass is 10.4. The smallest absolute Gasteiger partial charge is 0.250 e. The number of hydrogen-bond donors (Lipinski definition) is 2. The molecule has 0 unspecified atom stereocenters. The topological polar surface area (TPSA) is 92.2 Å². The van der Waals surface area contributed by atoms with Crippen LogP contribution in [0.25, 0.3) is 0 Å². The Bertz CT molecular complexity index is 626. The summed E-state index contributed by atoms with van der Waals surface area (Å²) in [6.07, 6.45) is 1.99. The number of thiophene rings is 1. The Morgan fingerprint density at radius 2 is 2.16 bits per heavy atom. The maximum Gasteiger partial charge on any atom is 0.250 e. The van der Waals surface area contributed by atoms with Gasteiger partial charge in [0.2, 0.25) is 10.0 Å². The van der Waals surface area contributed by atoms with Crippen LogP contribution in [0.1, 0.15) is 10.6 Å². The first-order valence-electron chi connectivity index (χ1n) is 5.57. The Balaban J connectivity index is 2.05. The second kappa shape index (κ2) is 6.20. The zero-order valence-electron chi connectivity index (χ0n) is 9.98. The van der Waals surface area contributed by atoms with Gasteiger partial charge in [0.1, 0.15) is 4.21 Å². The van der Waals surface area contributed by atoms with Crippen molar-refractivity contribution < 1.29 is 13.5 Å². The van der Waals surface area contributed by atoms with Gasteiger partial charge in [0.25, 0.3) is 0 Å². The number of hydrogen-bond acceptors (Lipinski definition) is 6. The van der Waals surface area contributed by atoms with Crippen molar-refractivity contribution in [2.45, 2.75) is 17.2 Å². The Kier molecular flexibility index (Phi) is 4.59. The monoisotopic (exact) mass is 299 g/mol. The minimum absolute atomic E-state index is 0.00698. The van der Waals surface area contributed by atoms with Gasteiger partial charge in [-0.3, -0.25) is 0 Å². The number of rotatable bonds is 6. The molecule has 102 valence electrons. The highest BCUT2D eigenvalue weighted by atomic mass is 32.2. The van der Waals surface area contributed by atoms with E-state index >= 15 is 0 Å².